The van der Waals surface area contributed by atoms with Gasteiger partial charge in [0.1, 0.15) is 0 Å². The zero-order valence-corrected chi connectivity index (χ0v) is 8.16. The number of rotatable bonds is 5. The summed E-state index contributed by atoms with van der Waals surface area (Å²) >= 11 is 0. The average molecular weight is 189 g/mol. The third-order valence-corrected chi connectivity index (χ3v) is 2.32. The summed E-state index contributed by atoms with van der Waals surface area (Å²) < 4.78 is 10.7. The van der Waals surface area contributed by atoms with Crippen molar-refractivity contribution in [1.82, 2.24) is 0 Å². The minimum atomic E-state index is -0.792. The highest BCUT2D eigenvalue weighted by atomic mass is 16.5. The van der Waals surface area contributed by atoms with Crippen molar-refractivity contribution in [2.45, 2.75) is 31.5 Å². The Hall–Kier alpha value is -0.160. The number of ether oxygens (including phenoxy) is 2. The van der Waals surface area contributed by atoms with Gasteiger partial charge in [0.05, 0.1) is 18.3 Å². The molecule has 1 aliphatic rings. The predicted molar refractivity (Wildman–Crippen MR) is 49.5 cm³/mol. The van der Waals surface area contributed by atoms with Crippen molar-refractivity contribution in [2.75, 3.05) is 26.4 Å². The van der Waals surface area contributed by atoms with E-state index in [1.165, 1.54) is 0 Å². The quantitative estimate of drug-likeness (QED) is 0.633. The van der Waals surface area contributed by atoms with Crippen LogP contribution in [0.5, 0.6) is 0 Å². The van der Waals surface area contributed by atoms with Gasteiger partial charge >= 0.3 is 0 Å². The SMILES string of the molecule is CC(O)(CN)CCOC1CCOC1. The molecule has 13 heavy (non-hydrogen) atoms. The smallest absolute Gasteiger partial charge is 0.0830 e. The first-order chi connectivity index (χ1) is 6.14. The van der Waals surface area contributed by atoms with Gasteiger partial charge < -0.3 is 20.3 Å². The minimum absolute atomic E-state index is 0.216. The summed E-state index contributed by atoms with van der Waals surface area (Å²) in [7, 11) is 0. The lowest BCUT2D eigenvalue weighted by molar-refractivity contribution is -0.00862. The summed E-state index contributed by atoms with van der Waals surface area (Å²) in [6.45, 7) is 4.03. The van der Waals surface area contributed by atoms with Crippen LogP contribution in [0, 0.1) is 0 Å². The molecule has 2 atom stereocenters. The maximum absolute atomic E-state index is 9.56. The molecule has 0 aromatic heterocycles. The molecule has 0 amide bonds. The lowest BCUT2D eigenvalue weighted by Gasteiger charge is -2.21. The van der Waals surface area contributed by atoms with Gasteiger partial charge in [0.2, 0.25) is 0 Å². The summed E-state index contributed by atoms with van der Waals surface area (Å²) in [5.74, 6) is 0. The molecular weight excluding hydrogens is 170 g/mol. The molecular formula is C9H19NO3. The Kier molecular flexibility index (Phi) is 4.12. The molecule has 1 saturated heterocycles. The third kappa shape index (κ3) is 4.04. The first kappa shape index (κ1) is 10.9. The zero-order chi connectivity index (χ0) is 9.73. The Balaban J connectivity index is 2.06. The highest BCUT2D eigenvalue weighted by Crippen LogP contribution is 2.11. The van der Waals surface area contributed by atoms with Crippen LogP contribution in [-0.2, 0) is 9.47 Å². The molecule has 3 N–H and O–H groups in total. The molecule has 1 fully saturated rings. The highest BCUT2D eigenvalue weighted by molar-refractivity contribution is 4.73. The van der Waals surface area contributed by atoms with Crippen LogP contribution in [0.1, 0.15) is 19.8 Å². The molecule has 0 aromatic carbocycles. The molecule has 0 spiro atoms. The molecule has 0 aromatic rings. The maximum atomic E-state index is 9.56. The van der Waals surface area contributed by atoms with Gasteiger partial charge in [-0.15, -0.1) is 0 Å². The second-order valence-electron chi connectivity index (χ2n) is 3.81. The largest absolute Gasteiger partial charge is 0.389 e. The Morgan fingerprint density at radius 1 is 1.69 bits per heavy atom. The second-order valence-corrected chi connectivity index (χ2v) is 3.81. The van der Waals surface area contributed by atoms with Crippen LogP contribution in [-0.4, -0.2) is 43.2 Å². The van der Waals surface area contributed by atoms with E-state index in [4.69, 9.17) is 15.2 Å². The van der Waals surface area contributed by atoms with E-state index < -0.39 is 5.60 Å². The van der Waals surface area contributed by atoms with Crippen LogP contribution in [0.2, 0.25) is 0 Å². The summed E-state index contributed by atoms with van der Waals surface area (Å²) in [6, 6.07) is 0. The predicted octanol–water partition coefficient (Wildman–Crippen LogP) is -0.108. The van der Waals surface area contributed by atoms with E-state index in [2.05, 4.69) is 0 Å². The van der Waals surface area contributed by atoms with Crippen LogP contribution in [0.25, 0.3) is 0 Å². The normalized spacial score (nSPS) is 27.5. The van der Waals surface area contributed by atoms with E-state index in [0.29, 0.717) is 19.6 Å². The lowest BCUT2D eigenvalue weighted by Crippen LogP contribution is -2.35. The van der Waals surface area contributed by atoms with Crippen LogP contribution >= 0.6 is 0 Å². The van der Waals surface area contributed by atoms with Crippen molar-refractivity contribution in [3.63, 3.8) is 0 Å². The Morgan fingerprint density at radius 2 is 2.46 bits per heavy atom. The van der Waals surface area contributed by atoms with Crippen molar-refractivity contribution in [1.29, 1.82) is 0 Å². The molecule has 1 aliphatic heterocycles. The van der Waals surface area contributed by atoms with Gasteiger partial charge in [0.25, 0.3) is 0 Å². The Bertz CT molecular complexity index is 144. The lowest BCUT2D eigenvalue weighted by atomic mass is 10.0. The van der Waals surface area contributed by atoms with Gasteiger partial charge in [-0.2, -0.15) is 0 Å². The zero-order valence-electron chi connectivity index (χ0n) is 8.16. The van der Waals surface area contributed by atoms with Crippen LogP contribution in [0.15, 0.2) is 0 Å². The van der Waals surface area contributed by atoms with E-state index in [9.17, 15) is 5.11 Å². The number of nitrogens with two attached hydrogens (primary N) is 1. The van der Waals surface area contributed by atoms with Gasteiger partial charge in [0, 0.05) is 26.2 Å². The Labute approximate surface area is 79.0 Å². The molecule has 2 unspecified atom stereocenters. The molecule has 0 saturated carbocycles. The first-order valence-electron chi connectivity index (χ1n) is 4.76. The first-order valence-corrected chi connectivity index (χ1v) is 4.76. The van der Waals surface area contributed by atoms with Crippen LogP contribution in [0.3, 0.4) is 0 Å². The van der Waals surface area contributed by atoms with Crippen LogP contribution < -0.4 is 5.73 Å². The van der Waals surface area contributed by atoms with Crippen molar-refractivity contribution in [3.8, 4) is 0 Å². The minimum Gasteiger partial charge on any atom is -0.389 e. The van der Waals surface area contributed by atoms with Crippen molar-refractivity contribution < 1.29 is 14.6 Å². The van der Waals surface area contributed by atoms with Gasteiger partial charge in [-0.1, -0.05) is 0 Å². The monoisotopic (exact) mass is 189 g/mol. The maximum Gasteiger partial charge on any atom is 0.0830 e. The molecule has 0 aliphatic carbocycles. The van der Waals surface area contributed by atoms with Gasteiger partial charge in [-0.3, -0.25) is 0 Å². The third-order valence-electron chi connectivity index (χ3n) is 2.32. The molecule has 0 radical (unpaired) electrons. The summed E-state index contributed by atoms with van der Waals surface area (Å²) in [5.41, 5.74) is 4.58. The second kappa shape index (κ2) is 4.91. The van der Waals surface area contributed by atoms with Crippen LogP contribution in [0.4, 0.5) is 0 Å². The van der Waals surface area contributed by atoms with E-state index >= 15 is 0 Å². The van der Waals surface area contributed by atoms with E-state index in [1.807, 2.05) is 0 Å². The highest BCUT2D eigenvalue weighted by Gasteiger charge is 2.20. The van der Waals surface area contributed by atoms with E-state index in [1.54, 1.807) is 6.92 Å². The van der Waals surface area contributed by atoms with Crippen molar-refractivity contribution >= 4 is 0 Å². The average Bonchev–Trinajstić information content (AvgIpc) is 2.57. The fourth-order valence-electron chi connectivity index (χ4n) is 1.19. The topological polar surface area (TPSA) is 64.7 Å². The molecule has 1 rings (SSSR count). The van der Waals surface area contributed by atoms with Crippen molar-refractivity contribution in [3.05, 3.63) is 0 Å². The van der Waals surface area contributed by atoms with Gasteiger partial charge in [-0.05, 0) is 13.3 Å². The fraction of sp³-hybridized carbons (Fsp3) is 1.00. The molecule has 4 heteroatoms. The molecule has 1 heterocycles. The number of aliphatic hydroxyl groups is 1. The molecule has 4 nitrogen and oxygen atoms in total. The Morgan fingerprint density at radius 3 is 3.00 bits per heavy atom. The summed E-state index contributed by atoms with van der Waals surface area (Å²) in [5, 5.41) is 9.56. The fourth-order valence-corrected chi connectivity index (χ4v) is 1.19. The van der Waals surface area contributed by atoms with E-state index in [0.717, 1.165) is 13.0 Å². The summed E-state index contributed by atoms with van der Waals surface area (Å²) in [4.78, 5) is 0. The van der Waals surface area contributed by atoms with E-state index in [-0.39, 0.29) is 12.6 Å². The molecule has 0 bridgehead atoms. The standard InChI is InChI=1S/C9H19NO3/c1-9(11,7-10)3-5-13-8-2-4-12-6-8/h8,11H,2-7,10H2,1H3. The van der Waals surface area contributed by atoms with Crippen molar-refractivity contribution in [2.24, 2.45) is 5.73 Å². The van der Waals surface area contributed by atoms with Gasteiger partial charge in [-0.25, -0.2) is 0 Å². The number of hydrogen-bond acceptors (Lipinski definition) is 4. The number of hydrogen-bond donors (Lipinski definition) is 2. The van der Waals surface area contributed by atoms with Gasteiger partial charge in [0.15, 0.2) is 0 Å². The summed E-state index contributed by atoms with van der Waals surface area (Å²) in [6.07, 6.45) is 1.76. The molecule has 78 valence electrons.